The van der Waals surface area contributed by atoms with Crippen molar-refractivity contribution in [1.29, 1.82) is 0 Å². The van der Waals surface area contributed by atoms with Crippen molar-refractivity contribution in [3.63, 3.8) is 0 Å². The lowest BCUT2D eigenvalue weighted by Gasteiger charge is -2.04. The Labute approximate surface area is 121 Å². The standard InChI is InChI=1S/C12H11Br2NOS/c1-17-10-4-2-8(3-5-10)15-7-9-6-11(13)12(14)16-9/h2-6,15H,7H2,1H3. The Morgan fingerprint density at radius 2 is 1.94 bits per heavy atom. The SMILES string of the molecule is CSc1ccc(NCc2cc(Br)c(Br)o2)cc1. The monoisotopic (exact) mass is 375 g/mol. The van der Waals surface area contributed by atoms with Gasteiger partial charge in [0.15, 0.2) is 4.67 Å². The number of benzene rings is 1. The van der Waals surface area contributed by atoms with Crippen molar-refractivity contribution in [2.75, 3.05) is 11.6 Å². The molecule has 0 aliphatic carbocycles. The van der Waals surface area contributed by atoms with E-state index in [4.69, 9.17) is 4.42 Å². The van der Waals surface area contributed by atoms with Crippen LogP contribution in [-0.2, 0) is 6.54 Å². The first-order chi connectivity index (χ1) is 8.19. The highest BCUT2D eigenvalue weighted by Crippen LogP contribution is 2.27. The summed E-state index contributed by atoms with van der Waals surface area (Å²) < 4.78 is 7.15. The molecule has 1 aromatic carbocycles. The van der Waals surface area contributed by atoms with Gasteiger partial charge in [-0.05, 0) is 68.4 Å². The van der Waals surface area contributed by atoms with E-state index in [-0.39, 0.29) is 0 Å². The van der Waals surface area contributed by atoms with E-state index in [2.05, 4.69) is 67.7 Å². The van der Waals surface area contributed by atoms with E-state index < -0.39 is 0 Å². The van der Waals surface area contributed by atoms with E-state index in [1.807, 2.05) is 6.07 Å². The van der Waals surface area contributed by atoms with Crippen molar-refractivity contribution in [1.82, 2.24) is 0 Å². The summed E-state index contributed by atoms with van der Waals surface area (Å²) in [6.45, 7) is 0.669. The fourth-order valence-electron chi connectivity index (χ4n) is 1.38. The third kappa shape index (κ3) is 3.53. The van der Waals surface area contributed by atoms with Gasteiger partial charge in [0, 0.05) is 10.6 Å². The predicted octanol–water partition coefficient (Wildman–Crippen LogP) is 5.14. The maximum atomic E-state index is 5.48. The number of hydrogen-bond acceptors (Lipinski definition) is 3. The maximum Gasteiger partial charge on any atom is 0.183 e. The fourth-order valence-corrected chi connectivity index (χ4v) is 2.44. The van der Waals surface area contributed by atoms with E-state index >= 15 is 0 Å². The third-order valence-corrected chi connectivity index (χ3v) is 4.71. The molecule has 2 aromatic rings. The third-order valence-electron chi connectivity index (χ3n) is 2.25. The molecule has 2 rings (SSSR count). The lowest BCUT2D eigenvalue weighted by Crippen LogP contribution is -1.97. The van der Waals surface area contributed by atoms with Gasteiger partial charge in [0.05, 0.1) is 11.0 Å². The molecule has 1 aromatic heterocycles. The van der Waals surface area contributed by atoms with Gasteiger partial charge in [0.1, 0.15) is 5.76 Å². The summed E-state index contributed by atoms with van der Waals surface area (Å²) in [6.07, 6.45) is 2.07. The van der Waals surface area contributed by atoms with Crippen LogP contribution in [0.1, 0.15) is 5.76 Å². The highest BCUT2D eigenvalue weighted by Gasteiger charge is 2.05. The van der Waals surface area contributed by atoms with Gasteiger partial charge in [-0.2, -0.15) is 0 Å². The molecule has 0 atom stereocenters. The van der Waals surface area contributed by atoms with Gasteiger partial charge in [-0.1, -0.05) is 0 Å². The predicted molar refractivity (Wildman–Crippen MR) is 79.7 cm³/mol. The van der Waals surface area contributed by atoms with Crippen LogP contribution in [0.25, 0.3) is 0 Å². The van der Waals surface area contributed by atoms with Gasteiger partial charge in [-0.25, -0.2) is 0 Å². The maximum absolute atomic E-state index is 5.48. The molecular weight excluding hydrogens is 366 g/mol. The van der Waals surface area contributed by atoms with Crippen molar-refractivity contribution in [3.8, 4) is 0 Å². The van der Waals surface area contributed by atoms with E-state index in [1.165, 1.54) is 4.90 Å². The molecule has 90 valence electrons. The minimum absolute atomic E-state index is 0.669. The topological polar surface area (TPSA) is 25.2 Å². The zero-order chi connectivity index (χ0) is 12.3. The van der Waals surface area contributed by atoms with Crippen LogP contribution in [0, 0.1) is 0 Å². The lowest BCUT2D eigenvalue weighted by molar-refractivity contribution is 0.494. The first-order valence-electron chi connectivity index (χ1n) is 5.00. The van der Waals surface area contributed by atoms with Crippen LogP contribution in [0.5, 0.6) is 0 Å². The van der Waals surface area contributed by atoms with Gasteiger partial charge in [-0.3, -0.25) is 0 Å². The summed E-state index contributed by atoms with van der Waals surface area (Å²) in [4.78, 5) is 1.26. The molecule has 0 bridgehead atoms. The molecular formula is C12H11Br2NOS. The van der Waals surface area contributed by atoms with Crippen LogP contribution in [-0.4, -0.2) is 6.26 Å². The highest BCUT2D eigenvalue weighted by atomic mass is 79.9. The summed E-state index contributed by atoms with van der Waals surface area (Å²) in [5.74, 6) is 0.887. The van der Waals surface area contributed by atoms with Gasteiger partial charge < -0.3 is 9.73 Å². The molecule has 0 radical (unpaired) electrons. The van der Waals surface area contributed by atoms with Crippen molar-refractivity contribution in [2.45, 2.75) is 11.4 Å². The van der Waals surface area contributed by atoms with E-state index in [9.17, 15) is 0 Å². The van der Waals surface area contributed by atoms with Crippen molar-refractivity contribution in [3.05, 3.63) is 45.2 Å². The lowest BCUT2D eigenvalue weighted by atomic mass is 10.3. The number of thioether (sulfide) groups is 1. The highest BCUT2D eigenvalue weighted by molar-refractivity contribution is 9.13. The largest absolute Gasteiger partial charge is 0.451 e. The molecule has 5 heteroatoms. The number of halogens is 2. The Morgan fingerprint density at radius 1 is 1.24 bits per heavy atom. The number of rotatable bonds is 4. The van der Waals surface area contributed by atoms with Crippen molar-refractivity contribution >= 4 is 49.3 Å². The first kappa shape index (κ1) is 13.1. The van der Waals surface area contributed by atoms with E-state index in [0.29, 0.717) is 6.54 Å². The van der Waals surface area contributed by atoms with Crippen LogP contribution in [0.15, 0.2) is 48.8 Å². The molecule has 0 aliphatic heterocycles. The Morgan fingerprint density at radius 3 is 2.47 bits per heavy atom. The van der Waals surface area contributed by atoms with Crippen LogP contribution in [0.2, 0.25) is 0 Å². The Hall–Kier alpha value is -0.390. The van der Waals surface area contributed by atoms with Crippen LogP contribution < -0.4 is 5.32 Å². The fraction of sp³-hybridized carbons (Fsp3) is 0.167. The van der Waals surface area contributed by atoms with E-state index in [0.717, 1.165) is 20.6 Å². The average molecular weight is 377 g/mol. The number of anilines is 1. The normalized spacial score (nSPS) is 10.5. The minimum atomic E-state index is 0.669. The second kappa shape index (κ2) is 5.98. The Kier molecular flexibility index (Phi) is 4.59. The Balaban J connectivity index is 1.97. The second-order valence-corrected chi connectivity index (χ2v) is 5.87. The van der Waals surface area contributed by atoms with Gasteiger partial charge in [0.25, 0.3) is 0 Å². The molecule has 0 spiro atoms. The van der Waals surface area contributed by atoms with Crippen LogP contribution >= 0.6 is 43.6 Å². The molecule has 1 N–H and O–H groups in total. The molecule has 0 unspecified atom stereocenters. The number of furan rings is 1. The van der Waals surface area contributed by atoms with Gasteiger partial charge in [0.2, 0.25) is 0 Å². The zero-order valence-electron chi connectivity index (χ0n) is 9.17. The minimum Gasteiger partial charge on any atom is -0.451 e. The smallest absolute Gasteiger partial charge is 0.183 e. The van der Waals surface area contributed by atoms with E-state index in [1.54, 1.807) is 11.8 Å². The van der Waals surface area contributed by atoms with Gasteiger partial charge >= 0.3 is 0 Å². The molecule has 2 nitrogen and oxygen atoms in total. The van der Waals surface area contributed by atoms with Crippen LogP contribution in [0.4, 0.5) is 5.69 Å². The summed E-state index contributed by atoms with van der Waals surface area (Å²) >= 11 is 8.45. The average Bonchev–Trinajstić information content (AvgIpc) is 2.67. The van der Waals surface area contributed by atoms with Crippen LogP contribution in [0.3, 0.4) is 0 Å². The first-order valence-corrected chi connectivity index (χ1v) is 7.82. The summed E-state index contributed by atoms with van der Waals surface area (Å²) in [7, 11) is 0. The number of nitrogens with one attached hydrogen (secondary N) is 1. The molecule has 0 saturated carbocycles. The molecule has 17 heavy (non-hydrogen) atoms. The van der Waals surface area contributed by atoms with Crippen molar-refractivity contribution < 1.29 is 4.42 Å². The molecule has 0 aliphatic rings. The summed E-state index contributed by atoms with van der Waals surface area (Å²) in [5, 5.41) is 3.31. The molecule has 0 saturated heterocycles. The summed E-state index contributed by atoms with van der Waals surface area (Å²) in [6, 6.07) is 10.3. The van der Waals surface area contributed by atoms with Gasteiger partial charge in [-0.15, -0.1) is 11.8 Å². The zero-order valence-corrected chi connectivity index (χ0v) is 13.2. The summed E-state index contributed by atoms with van der Waals surface area (Å²) in [5.41, 5.74) is 1.09. The quantitative estimate of drug-likeness (QED) is 0.748. The Bertz CT molecular complexity index is 476. The second-order valence-electron chi connectivity index (χ2n) is 3.42. The molecule has 1 heterocycles. The number of hydrogen-bond donors (Lipinski definition) is 1. The molecule has 0 fully saturated rings. The molecule has 0 amide bonds. The van der Waals surface area contributed by atoms with Crippen molar-refractivity contribution in [2.24, 2.45) is 0 Å².